The molecule has 0 spiro atoms. The molecule has 0 saturated carbocycles. The number of pyridine rings is 1. The summed E-state index contributed by atoms with van der Waals surface area (Å²) < 4.78 is 16.1. The van der Waals surface area contributed by atoms with Crippen molar-refractivity contribution in [2.24, 2.45) is 27.9 Å². The van der Waals surface area contributed by atoms with Gasteiger partial charge in [-0.3, -0.25) is 15.3 Å². The number of nitrogens with one attached hydrogen (secondary N) is 2. The minimum Gasteiger partial charge on any atom is -0.480 e. The molecule has 2 N–H and O–H groups in total. The van der Waals surface area contributed by atoms with Crippen molar-refractivity contribution in [2.45, 2.75) is 18.7 Å². The molecule has 200 valence electrons. The molecule has 0 aliphatic carbocycles. The van der Waals surface area contributed by atoms with Gasteiger partial charge in [-0.05, 0) is 36.9 Å². The largest absolute Gasteiger partial charge is 0.480 e. The normalized spacial score (nSPS) is 16.7. The van der Waals surface area contributed by atoms with Gasteiger partial charge in [0.15, 0.2) is 5.84 Å². The van der Waals surface area contributed by atoms with Gasteiger partial charge in [0.2, 0.25) is 5.88 Å². The van der Waals surface area contributed by atoms with Crippen molar-refractivity contribution in [3.63, 3.8) is 0 Å². The lowest BCUT2D eigenvalue weighted by molar-refractivity contribution is -0.0304. The van der Waals surface area contributed by atoms with Crippen LogP contribution in [0.3, 0.4) is 0 Å². The third kappa shape index (κ3) is 5.94. The van der Waals surface area contributed by atoms with Crippen LogP contribution in [-0.2, 0) is 11.8 Å². The van der Waals surface area contributed by atoms with Gasteiger partial charge in [0.1, 0.15) is 5.49 Å². The lowest BCUT2D eigenvalue weighted by Gasteiger charge is -2.25. The van der Waals surface area contributed by atoms with Gasteiger partial charge in [0.05, 0.1) is 48.1 Å². The molecule has 11 heteroatoms. The van der Waals surface area contributed by atoms with Crippen molar-refractivity contribution >= 4 is 58.8 Å². The van der Waals surface area contributed by atoms with Gasteiger partial charge < -0.3 is 18.8 Å². The number of ether oxygens (including phenoxy) is 2. The van der Waals surface area contributed by atoms with E-state index in [0.29, 0.717) is 29.3 Å². The molecular formula is C27H32ClN7O2S. The molecule has 2 aliphatic heterocycles. The van der Waals surface area contributed by atoms with Gasteiger partial charge in [-0.15, -0.1) is 0 Å². The fourth-order valence-corrected chi connectivity index (χ4v) is 5.16. The fourth-order valence-electron chi connectivity index (χ4n) is 4.14. The highest BCUT2D eigenvalue weighted by molar-refractivity contribution is 8.00. The average molecular weight is 554 g/mol. The molecule has 2 aliphatic rings. The van der Waals surface area contributed by atoms with E-state index in [2.05, 4.69) is 43.4 Å². The van der Waals surface area contributed by atoms with Gasteiger partial charge in [-0.1, -0.05) is 37.6 Å². The summed E-state index contributed by atoms with van der Waals surface area (Å²) in [6.45, 7) is 10.6. The fraction of sp³-hybridized carbons (Fsp3) is 0.333. The number of methoxy groups -OCH3 is 1. The van der Waals surface area contributed by atoms with Crippen LogP contribution in [-0.4, -0.2) is 55.6 Å². The van der Waals surface area contributed by atoms with Crippen LogP contribution in [0.4, 0.5) is 5.69 Å². The number of para-hydroxylation sites is 1. The maximum absolute atomic E-state index is 6.15. The Morgan fingerprint density at radius 1 is 1.34 bits per heavy atom. The van der Waals surface area contributed by atoms with Crippen LogP contribution < -0.4 is 25.5 Å². The molecule has 0 amide bonds. The van der Waals surface area contributed by atoms with E-state index in [4.69, 9.17) is 31.1 Å². The van der Waals surface area contributed by atoms with Gasteiger partial charge in [0.25, 0.3) is 0 Å². The summed E-state index contributed by atoms with van der Waals surface area (Å²) in [6.07, 6.45) is 5.33. The van der Waals surface area contributed by atoms with Crippen molar-refractivity contribution in [3.8, 4) is 5.88 Å². The Kier molecular flexibility index (Phi) is 9.57. The van der Waals surface area contributed by atoms with E-state index in [9.17, 15) is 0 Å². The van der Waals surface area contributed by atoms with Crippen LogP contribution in [0.1, 0.15) is 13.8 Å². The van der Waals surface area contributed by atoms with Crippen LogP contribution >= 0.6 is 23.5 Å². The zero-order chi connectivity index (χ0) is 27.1. The summed E-state index contributed by atoms with van der Waals surface area (Å²) in [5.74, 6) is 1.68. The topological polar surface area (TPSA) is 97.4 Å². The highest BCUT2D eigenvalue weighted by atomic mass is 35.5. The average Bonchev–Trinajstić information content (AvgIpc) is 3.19. The van der Waals surface area contributed by atoms with Gasteiger partial charge >= 0.3 is 0 Å². The first-order valence-corrected chi connectivity index (χ1v) is 13.6. The molecule has 0 radical (unpaired) electrons. The zero-order valence-corrected chi connectivity index (χ0v) is 23.6. The highest BCUT2D eigenvalue weighted by Crippen LogP contribution is 2.32. The monoisotopic (exact) mass is 553 g/mol. The Morgan fingerprint density at radius 3 is 2.87 bits per heavy atom. The molecule has 2 aromatic heterocycles. The van der Waals surface area contributed by atoms with Crippen molar-refractivity contribution in [2.75, 3.05) is 38.3 Å². The molecule has 0 unspecified atom stereocenters. The molecule has 0 bridgehead atoms. The lowest BCUT2D eigenvalue weighted by atomic mass is 10.1. The number of halogens is 1. The van der Waals surface area contributed by atoms with Gasteiger partial charge in [-0.25, -0.2) is 9.98 Å². The summed E-state index contributed by atoms with van der Waals surface area (Å²) in [5.41, 5.74) is 3.59. The Hall–Kier alpha value is -3.18. The molecule has 5 rings (SSSR count). The number of benzene rings is 1. The summed E-state index contributed by atoms with van der Waals surface area (Å²) in [4.78, 5) is 18.6. The molecule has 1 fully saturated rings. The summed E-state index contributed by atoms with van der Waals surface area (Å²) in [6, 6.07) is 7.94. The van der Waals surface area contributed by atoms with E-state index in [1.807, 2.05) is 39.1 Å². The van der Waals surface area contributed by atoms with Crippen molar-refractivity contribution < 1.29 is 9.47 Å². The van der Waals surface area contributed by atoms with E-state index in [-0.39, 0.29) is 0 Å². The smallest absolute Gasteiger partial charge is 0.228 e. The van der Waals surface area contributed by atoms with Gasteiger partial charge in [0, 0.05) is 48.1 Å². The predicted octanol–water partition coefficient (Wildman–Crippen LogP) is 3.97. The third-order valence-electron chi connectivity index (χ3n) is 5.95. The number of hydrogen-bond donors (Lipinski definition) is 2. The number of aliphatic imine (C=N–C) groups is 2. The van der Waals surface area contributed by atoms with Crippen LogP contribution in [0.25, 0.3) is 17.0 Å². The Labute approximate surface area is 231 Å². The number of nitrogens with zero attached hydrogens (tertiary/aromatic N) is 5. The summed E-state index contributed by atoms with van der Waals surface area (Å²) >= 11 is 7.54. The number of rotatable bonds is 9. The van der Waals surface area contributed by atoms with E-state index >= 15 is 0 Å². The lowest BCUT2D eigenvalue weighted by Crippen LogP contribution is -2.37. The molecule has 0 atom stereocenters. The van der Waals surface area contributed by atoms with Crippen LogP contribution in [0.2, 0.25) is 5.02 Å². The van der Waals surface area contributed by atoms with Crippen molar-refractivity contribution in [3.05, 3.63) is 58.0 Å². The van der Waals surface area contributed by atoms with Gasteiger partial charge in [-0.2, -0.15) is 0 Å². The zero-order valence-electron chi connectivity index (χ0n) is 22.0. The van der Waals surface area contributed by atoms with E-state index in [0.717, 1.165) is 57.5 Å². The molecular weight excluding hydrogens is 522 g/mol. The Balaban J connectivity index is 0.00000164. The first-order valence-electron chi connectivity index (χ1n) is 12.4. The molecule has 3 aromatic rings. The first-order chi connectivity index (χ1) is 18.6. The first kappa shape index (κ1) is 27.8. The van der Waals surface area contributed by atoms with E-state index in [1.165, 1.54) is 11.9 Å². The second kappa shape index (κ2) is 13.1. The van der Waals surface area contributed by atoms with E-state index < -0.39 is 0 Å². The SMILES string of the molecule is C=N/C=C1/C=c2c(n(C)c3c(NSc4cc(Cl)cnc4OC)cccc23)=N/C1=N/CNCC1COC1.CC. The maximum atomic E-state index is 6.15. The molecule has 1 saturated heterocycles. The summed E-state index contributed by atoms with van der Waals surface area (Å²) in [5, 5.41) is 5.97. The number of aromatic nitrogens is 2. The number of hydrogen-bond acceptors (Lipinski definition) is 8. The second-order valence-corrected chi connectivity index (χ2v) is 9.67. The van der Waals surface area contributed by atoms with Crippen LogP contribution in [0.5, 0.6) is 5.88 Å². The molecule has 38 heavy (non-hydrogen) atoms. The van der Waals surface area contributed by atoms with Crippen molar-refractivity contribution in [1.82, 2.24) is 14.9 Å². The quantitative estimate of drug-likeness (QED) is 0.236. The minimum absolute atomic E-state index is 0.468. The number of amidine groups is 1. The molecule has 1 aromatic carbocycles. The minimum atomic E-state index is 0.468. The standard InChI is InChI=1S/C25H26ClN7O2S.C2H6/c1-27-10-16-7-19-18-5-4-6-20(32-36-21-8-17(26)11-29-25(21)34-3)22(18)33(2)24(19)31-23(16)30-14-28-9-15-12-35-13-15;1-2/h4-8,10-11,15,28,32H,1,9,12-14H2,2-3H3;1-2H3/b16-10-,30-23+;. The third-order valence-corrected chi connectivity index (χ3v) is 6.99. The maximum Gasteiger partial charge on any atom is 0.228 e. The number of fused-ring (bicyclic) bond motifs is 3. The number of aryl methyl sites for hydroxylation is 1. The Morgan fingerprint density at radius 2 is 2.16 bits per heavy atom. The summed E-state index contributed by atoms with van der Waals surface area (Å²) in [7, 11) is 3.59. The molecule has 4 heterocycles. The van der Waals surface area contributed by atoms with Crippen LogP contribution in [0.15, 0.2) is 62.1 Å². The van der Waals surface area contributed by atoms with Crippen LogP contribution in [0, 0.1) is 5.92 Å². The highest BCUT2D eigenvalue weighted by Gasteiger charge is 2.19. The van der Waals surface area contributed by atoms with E-state index in [1.54, 1.807) is 19.5 Å². The second-order valence-electron chi connectivity index (χ2n) is 8.38. The number of anilines is 1. The Bertz CT molecular complexity index is 1500. The molecule has 9 nitrogen and oxygen atoms in total. The van der Waals surface area contributed by atoms with Crippen molar-refractivity contribution in [1.29, 1.82) is 0 Å². The predicted molar refractivity (Wildman–Crippen MR) is 157 cm³/mol.